The van der Waals surface area contributed by atoms with Crippen LogP contribution >= 0.6 is 27.5 Å². The minimum atomic E-state index is -0.734. The van der Waals surface area contributed by atoms with Crippen LogP contribution in [0.5, 0.6) is 5.75 Å². The van der Waals surface area contributed by atoms with E-state index in [9.17, 15) is 20.0 Å². The maximum atomic E-state index is 11.2. The van der Waals surface area contributed by atoms with Crippen molar-refractivity contribution in [1.82, 2.24) is 0 Å². The fourth-order valence-corrected chi connectivity index (χ4v) is 1.48. The monoisotopic (exact) mass is 278 g/mol. The topological polar surface area (TPSA) is 83.3 Å². The lowest BCUT2D eigenvalue weighted by molar-refractivity contribution is -0.385. The summed E-state index contributed by atoms with van der Waals surface area (Å²) in [5.41, 5.74) is -0.735. The van der Waals surface area contributed by atoms with Gasteiger partial charge in [-0.05, 0) is 15.9 Å². The molecule has 0 atom stereocenters. The molecule has 0 aliphatic heterocycles. The molecule has 1 aromatic rings. The van der Waals surface area contributed by atoms with E-state index < -0.39 is 16.4 Å². The molecule has 0 fully saturated rings. The van der Waals surface area contributed by atoms with Gasteiger partial charge in [0.1, 0.15) is 10.8 Å². The normalized spacial score (nSPS) is 9.86. The quantitative estimate of drug-likeness (QED) is 0.470. The molecule has 0 spiro atoms. The van der Waals surface area contributed by atoms with Gasteiger partial charge in [0.2, 0.25) is 0 Å². The van der Waals surface area contributed by atoms with Gasteiger partial charge < -0.3 is 5.11 Å². The van der Waals surface area contributed by atoms with E-state index >= 15 is 0 Å². The van der Waals surface area contributed by atoms with E-state index in [-0.39, 0.29) is 21.3 Å². The van der Waals surface area contributed by atoms with E-state index in [1.54, 1.807) is 0 Å². The molecule has 0 N–H and O–H groups in total. The van der Waals surface area contributed by atoms with Gasteiger partial charge in [-0.25, -0.2) is 0 Å². The van der Waals surface area contributed by atoms with Gasteiger partial charge in [0.15, 0.2) is 0 Å². The summed E-state index contributed by atoms with van der Waals surface area (Å²) in [5.74, 6) is -0.723. The van der Waals surface area contributed by atoms with Crippen molar-refractivity contribution in [3.05, 3.63) is 31.2 Å². The Morgan fingerprint density at radius 3 is 2.57 bits per heavy atom. The van der Waals surface area contributed by atoms with Gasteiger partial charge in [0.25, 0.3) is 5.69 Å². The van der Waals surface area contributed by atoms with Crippen molar-refractivity contribution in [1.29, 1.82) is 0 Å². The molecule has 0 saturated heterocycles. The Morgan fingerprint density at radius 2 is 2.14 bits per heavy atom. The van der Waals surface area contributed by atoms with Crippen molar-refractivity contribution in [3.8, 4) is 5.75 Å². The second-order valence-electron chi connectivity index (χ2n) is 2.32. The van der Waals surface area contributed by atoms with Crippen LogP contribution < -0.4 is 5.11 Å². The Kier molecular flexibility index (Phi) is 3.07. The Balaban J connectivity index is 3.56. The smallest absolute Gasteiger partial charge is 0.285 e. The van der Waals surface area contributed by atoms with Crippen molar-refractivity contribution in [3.63, 3.8) is 0 Å². The number of rotatable bonds is 2. The highest BCUT2D eigenvalue weighted by atomic mass is 79.9. The van der Waals surface area contributed by atoms with Crippen molar-refractivity contribution in [2.75, 3.05) is 0 Å². The molecule has 7 heteroatoms. The van der Waals surface area contributed by atoms with E-state index in [0.717, 1.165) is 6.07 Å². The summed E-state index contributed by atoms with van der Waals surface area (Å²) in [6, 6.07) is 0.880. The van der Waals surface area contributed by atoms with E-state index in [2.05, 4.69) is 15.9 Å². The summed E-state index contributed by atoms with van der Waals surface area (Å²) in [4.78, 5) is 20.1. The number of hydrogen-bond donors (Lipinski definition) is 0. The molecular formula is C7H2BrClNO4-. The number of nitro benzene ring substituents is 1. The highest BCUT2D eigenvalue weighted by Crippen LogP contribution is 2.38. The first-order chi connectivity index (χ1) is 6.49. The first-order valence-electron chi connectivity index (χ1n) is 3.27. The largest absolute Gasteiger partial charge is 0.871 e. The third-order valence-corrected chi connectivity index (χ3v) is 2.89. The van der Waals surface area contributed by atoms with Crippen molar-refractivity contribution >= 4 is 39.5 Å². The average Bonchev–Trinajstić information content (AvgIpc) is 2.14. The van der Waals surface area contributed by atoms with E-state index in [0.29, 0.717) is 0 Å². The molecule has 0 aliphatic carbocycles. The van der Waals surface area contributed by atoms with Crippen LogP contribution in [-0.2, 0) is 0 Å². The second kappa shape index (κ2) is 3.93. The predicted molar refractivity (Wildman–Crippen MR) is 50.6 cm³/mol. The highest BCUT2D eigenvalue weighted by molar-refractivity contribution is 9.10. The van der Waals surface area contributed by atoms with Crippen LogP contribution in [-0.4, -0.2) is 11.2 Å². The molecule has 0 unspecified atom stereocenters. The second-order valence-corrected chi connectivity index (χ2v) is 3.49. The third-order valence-electron chi connectivity index (χ3n) is 1.50. The van der Waals surface area contributed by atoms with Crippen molar-refractivity contribution < 1.29 is 14.8 Å². The molecule has 0 heterocycles. The van der Waals surface area contributed by atoms with Crippen LogP contribution in [0.4, 0.5) is 5.69 Å². The van der Waals surface area contributed by atoms with Gasteiger partial charge in [-0.1, -0.05) is 17.4 Å². The Hall–Kier alpha value is -1.14. The predicted octanol–water partition coefficient (Wildman–Crippen LogP) is 1.90. The van der Waals surface area contributed by atoms with Crippen LogP contribution in [0.2, 0.25) is 5.02 Å². The minimum Gasteiger partial charge on any atom is -0.871 e. The number of aldehydes is 1. The molecule has 74 valence electrons. The standard InChI is InChI=1S/C7H3BrClNO4/c8-5-4(10(13)14)1-3(2-11)7(12)6(5)9/h1-2,12H/p-1. The van der Waals surface area contributed by atoms with E-state index in [4.69, 9.17) is 11.6 Å². The van der Waals surface area contributed by atoms with Crippen LogP contribution in [0.25, 0.3) is 0 Å². The lowest BCUT2D eigenvalue weighted by Crippen LogP contribution is -2.00. The number of carbonyl (C=O) groups is 1. The lowest BCUT2D eigenvalue weighted by Gasteiger charge is -2.12. The molecular weight excluding hydrogens is 277 g/mol. The van der Waals surface area contributed by atoms with Crippen LogP contribution in [0.3, 0.4) is 0 Å². The van der Waals surface area contributed by atoms with Gasteiger partial charge in [-0.3, -0.25) is 14.9 Å². The molecule has 0 bridgehead atoms. The average molecular weight is 279 g/mol. The highest BCUT2D eigenvalue weighted by Gasteiger charge is 2.17. The summed E-state index contributed by atoms with van der Waals surface area (Å²) in [5, 5.41) is 21.3. The van der Waals surface area contributed by atoms with Crippen LogP contribution in [0.1, 0.15) is 10.4 Å². The van der Waals surface area contributed by atoms with Crippen molar-refractivity contribution in [2.24, 2.45) is 0 Å². The molecule has 0 radical (unpaired) electrons. The van der Waals surface area contributed by atoms with Gasteiger partial charge in [0, 0.05) is 11.6 Å². The van der Waals surface area contributed by atoms with Gasteiger partial charge in [0.05, 0.1) is 9.95 Å². The number of halogens is 2. The lowest BCUT2D eigenvalue weighted by atomic mass is 10.2. The number of carbonyl (C=O) groups excluding carboxylic acids is 1. The summed E-state index contributed by atoms with van der Waals surface area (Å²) < 4.78 is -0.111. The zero-order chi connectivity index (χ0) is 10.9. The SMILES string of the molecule is O=Cc1cc([N+](=O)[O-])c(Br)c(Cl)c1[O-]. The summed E-state index contributed by atoms with van der Waals surface area (Å²) in [6.45, 7) is 0. The summed E-state index contributed by atoms with van der Waals surface area (Å²) in [6.07, 6.45) is 0.230. The van der Waals surface area contributed by atoms with Crippen LogP contribution in [0, 0.1) is 10.1 Å². The van der Waals surface area contributed by atoms with Gasteiger partial charge in [-0.2, -0.15) is 0 Å². The third kappa shape index (κ3) is 1.71. The number of nitro groups is 1. The Labute approximate surface area is 91.6 Å². The van der Waals surface area contributed by atoms with Crippen molar-refractivity contribution in [2.45, 2.75) is 0 Å². The van der Waals surface area contributed by atoms with E-state index in [1.807, 2.05) is 0 Å². The molecule has 1 aromatic carbocycles. The zero-order valence-electron chi connectivity index (χ0n) is 6.49. The summed E-state index contributed by atoms with van der Waals surface area (Å²) >= 11 is 8.29. The molecule has 0 saturated carbocycles. The summed E-state index contributed by atoms with van der Waals surface area (Å²) in [7, 11) is 0. The molecule has 0 amide bonds. The minimum absolute atomic E-state index is 0.111. The number of benzene rings is 1. The first-order valence-corrected chi connectivity index (χ1v) is 4.44. The van der Waals surface area contributed by atoms with Crippen LogP contribution in [0.15, 0.2) is 10.5 Å². The fraction of sp³-hybridized carbons (Fsp3) is 0. The molecule has 0 aliphatic rings. The van der Waals surface area contributed by atoms with Gasteiger partial charge in [-0.15, -0.1) is 0 Å². The molecule has 1 rings (SSSR count). The fourth-order valence-electron chi connectivity index (χ4n) is 0.835. The van der Waals surface area contributed by atoms with E-state index in [1.165, 1.54) is 0 Å². The number of hydrogen-bond acceptors (Lipinski definition) is 4. The number of nitrogens with zero attached hydrogens (tertiary/aromatic N) is 1. The zero-order valence-corrected chi connectivity index (χ0v) is 8.83. The molecule has 5 nitrogen and oxygen atoms in total. The maximum absolute atomic E-state index is 11.2. The molecule has 0 aromatic heterocycles. The maximum Gasteiger partial charge on any atom is 0.285 e. The first kappa shape index (κ1) is 10.9. The Bertz CT molecular complexity index is 421. The molecule has 14 heavy (non-hydrogen) atoms. The Morgan fingerprint density at radius 1 is 1.57 bits per heavy atom. The van der Waals surface area contributed by atoms with Gasteiger partial charge >= 0.3 is 0 Å².